The van der Waals surface area contributed by atoms with E-state index in [9.17, 15) is 4.79 Å². The Morgan fingerprint density at radius 3 is 2.79 bits per heavy atom. The number of ether oxygens (including phenoxy) is 2. The molecule has 2 aliphatic heterocycles. The van der Waals surface area contributed by atoms with Crippen molar-refractivity contribution in [1.29, 1.82) is 0 Å². The lowest BCUT2D eigenvalue weighted by Crippen LogP contribution is -2.32. The van der Waals surface area contributed by atoms with Gasteiger partial charge in [0.25, 0.3) is 0 Å². The largest absolute Gasteiger partial charge is 0.379 e. The van der Waals surface area contributed by atoms with Crippen LogP contribution < -0.4 is 10.6 Å². The van der Waals surface area contributed by atoms with Crippen molar-refractivity contribution in [2.75, 3.05) is 32.1 Å². The van der Waals surface area contributed by atoms with E-state index in [0.29, 0.717) is 46.8 Å². The number of anilines is 1. The van der Waals surface area contributed by atoms with Crippen molar-refractivity contribution in [3.8, 4) is 11.3 Å². The van der Waals surface area contributed by atoms with Gasteiger partial charge >= 0.3 is 0 Å². The summed E-state index contributed by atoms with van der Waals surface area (Å²) in [5, 5.41) is 7.10. The molecule has 9 heteroatoms. The third kappa shape index (κ3) is 6.06. The van der Waals surface area contributed by atoms with E-state index in [0.717, 1.165) is 19.4 Å². The molecule has 0 spiro atoms. The fourth-order valence-electron chi connectivity index (χ4n) is 4.85. The number of methoxy groups -OCH3 is 1. The van der Waals surface area contributed by atoms with Crippen LogP contribution in [0.15, 0.2) is 24.7 Å². The monoisotopic (exact) mass is 473 g/mol. The molecular formula is C24H32ClN5O3. The van der Waals surface area contributed by atoms with Crippen LogP contribution >= 0.6 is 11.6 Å². The molecule has 0 bridgehead atoms. The van der Waals surface area contributed by atoms with Crippen molar-refractivity contribution in [2.24, 2.45) is 11.8 Å². The van der Waals surface area contributed by atoms with Crippen molar-refractivity contribution < 1.29 is 14.3 Å². The normalized spacial score (nSPS) is 27.5. The molecule has 0 amide bonds. The molecule has 2 aromatic heterocycles. The van der Waals surface area contributed by atoms with Gasteiger partial charge in [-0.25, -0.2) is 4.98 Å². The first kappa shape index (κ1) is 24.0. The Labute approximate surface area is 199 Å². The zero-order chi connectivity index (χ0) is 23.4. The summed E-state index contributed by atoms with van der Waals surface area (Å²) in [6.07, 6.45) is 7.69. The zero-order valence-electron chi connectivity index (χ0n) is 19.4. The Morgan fingerprint density at radius 1 is 1.24 bits per heavy atom. The Hall–Kier alpha value is -2.13. The van der Waals surface area contributed by atoms with Gasteiger partial charge in [0.1, 0.15) is 11.6 Å². The average Bonchev–Trinajstić information content (AvgIpc) is 3.28. The molecule has 2 N–H and O–H groups in total. The summed E-state index contributed by atoms with van der Waals surface area (Å²) in [5.41, 5.74) is 2.02. The van der Waals surface area contributed by atoms with Crippen LogP contribution in [0.1, 0.15) is 32.4 Å². The number of Topliss-reactive ketones (excluding diaryl/α,β-unsaturated/α-hetero) is 1. The van der Waals surface area contributed by atoms with Crippen molar-refractivity contribution in [3.05, 3.63) is 35.4 Å². The Balaban J connectivity index is 1.44. The maximum absolute atomic E-state index is 12.8. The summed E-state index contributed by atoms with van der Waals surface area (Å²) in [6.45, 7) is 6.37. The van der Waals surface area contributed by atoms with Gasteiger partial charge in [-0.2, -0.15) is 0 Å². The number of nitrogens with one attached hydrogen (secondary N) is 2. The van der Waals surface area contributed by atoms with Gasteiger partial charge in [-0.05, 0) is 38.7 Å². The topological polar surface area (TPSA) is 98.3 Å². The van der Waals surface area contributed by atoms with Crippen LogP contribution in [-0.2, 0) is 20.7 Å². The summed E-state index contributed by atoms with van der Waals surface area (Å²) in [5.74, 6) is 1.16. The highest BCUT2D eigenvalue weighted by atomic mass is 35.5. The number of hydrogen-bond acceptors (Lipinski definition) is 8. The lowest BCUT2D eigenvalue weighted by molar-refractivity contribution is -0.124. The first-order chi connectivity index (χ1) is 15.9. The van der Waals surface area contributed by atoms with Gasteiger partial charge < -0.3 is 20.1 Å². The summed E-state index contributed by atoms with van der Waals surface area (Å²) in [6, 6.07) is 1.83. The number of carbonyl (C=O) groups is 1. The van der Waals surface area contributed by atoms with Gasteiger partial charge in [0.2, 0.25) is 0 Å². The van der Waals surface area contributed by atoms with Crippen LogP contribution in [0.5, 0.6) is 0 Å². The van der Waals surface area contributed by atoms with Gasteiger partial charge in [0.15, 0.2) is 0 Å². The second kappa shape index (κ2) is 10.9. The van der Waals surface area contributed by atoms with Crippen LogP contribution in [0.3, 0.4) is 0 Å². The van der Waals surface area contributed by atoms with E-state index >= 15 is 0 Å². The van der Waals surface area contributed by atoms with Gasteiger partial charge in [-0.1, -0.05) is 11.6 Å². The summed E-state index contributed by atoms with van der Waals surface area (Å²) in [4.78, 5) is 26.3. The Kier molecular flexibility index (Phi) is 7.90. The van der Waals surface area contributed by atoms with Crippen molar-refractivity contribution in [1.82, 2.24) is 20.3 Å². The highest BCUT2D eigenvalue weighted by molar-refractivity contribution is 6.33. The number of halogens is 1. The summed E-state index contributed by atoms with van der Waals surface area (Å²) < 4.78 is 11.3. The molecular weight excluding hydrogens is 442 g/mol. The molecule has 2 fully saturated rings. The minimum Gasteiger partial charge on any atom is -0.379 e. The number of nitrogens with zero attached hydrogens (tertiary/aromatic N) is 3. The van der Waals surface area contributed by atoms with Gasteiger partial charge in [0, 0.05) is 50.6 Å². The number of hydrogen-bond donors (Lipinski definition) is 2. The predicted molar refractivity (Wildman–Crippen MR) is 127 cm³/mol. The van der Waals surface area contributed by atoms with E-state index in [1.807, 2.05) is 6.07 Å². The summed E-state index contributed by atoms with van der Waals surface area (Å²) >= 11 is 6.44. The molecule has 0 radical (unpaired) electrons. The molecule has 2 aliphatic rings. The molecule has 33 heavy (non-hydrogen) atoms. The van der Waals surface area contributed by atoms with Crippen molar-refractivity contribution in [3.63, 3.8) is 0 Å². The van der Waals surface area contributed by atoms with Gasteiger partial charge in [0.05, 0.1) is 47.3 Å². The first-order valence-corrected chi connectivity index (χ1v) is 11.9. The van der Waals surface area contributed by atoms with E-state index in [4.69, 9.17) is 26.1 Å². The zero-order valence-corrected chi connectivity index (χ0v) is 20.1. The molecule has 0 aliphatic carbocycles. The fraction of sp³-hybridized carbons (Fsp3) is 0.583. The summed E-state index contributed by atoms with van der Waals surface area (Å²) in [7, 11) is 1.64. The number of aromatic nitrogens is 3. The van der Waals surface area contributed by atoms with Crippen molar-refractivity contribution >= 4 is 23.2 Å². The van der Waals surface area contributed by atoms with Crippen LogP contribution in [0.25, 0.3) is 11.3 Å². The Morgan fingerprint density at radius 2 is 2.03 bits per heavy atom. The van der Waals surface area contributed by atoms with Crippen molar-refractivity contribution in [2.45, 2.75) is 51.4 Å². The maximum Gasteiger partial charge on any atom is 0.145 e. The highest BCUT2D eigenvalue weighted by Gasteiger charge is 2.33. The highest BCUT2D eigenvalue weighted by Crippen LogP contribution is 2.28. The second-order valence-corrected chi connectivity index (χ2v) is 9.51. The maximum atomic E-state index is 12.8. The lowest BCUT2D eigenvalue weighted by Gasteiger charge is -2.32. The minimum atomic E-state index is -0.168. The average molecular weight is 474 g/mol. The van der Waals surface area contributed by atoms with Gasteiger partial charge in [-0.15, -0.1) is 0 Å². The van der Waals surface area contributed by atoms with Crippen LogP contribution in [0.2, 0.25) is 5.02 Å². The van der Waals surface area contributed by atoms with E-state index in [2.05, 4.69) is 34.4 Å². The standard InChI is InChI=1S/C24H32ClN5O3/c1-14-4-16(5-15(2)33-14)8-29-24-13-27-11-21(30-24)18-6-17(28-10-20(18)25)7-22(31)19-9-26-12-23(19)32-3/h6,10-11,13-16,19,23,26H,4-5,7-9,12H2,1-3H3,(H,29,30)/t14-,15+,16?,19-,23+/m1/s1. The van der Waals surface area contributed by atoms with E-state index in [1.54, 1.807) is 25.7 Å². The fourth-order valence-corrected chi connectivity index (χ4v) is 5.05. The molecule has 5 atom stereocenters. The Bertz CT molecular complexity index is 965. The molecule has 2 aromatic rings. The van der Waals surface area contributed by atoms with Crippen LogP contribution in [0.4, 0.5) is 5.82 Å². The number of ketones is 1. The second-order valence-electron chi connectivity index (χ2n) is 9.10. The van der Waals surface area contributed by atoms with E-state index in [-0.39, 0.29) is 36.4 Å². The predicted octanol–water partition coefficient (Wildman–Crippen LogP) is 3.15. The minimum absolute atomic E-state index is 0.0976. The molecule has 2 saturated heterocycles. The van der Waals surface area contributed by atoms with E-state index < -0.39 is 0 Å². The van der Waals surface area contributed by atoms with E-state index in [1.165, 1.54) is 0 Å². The molecule has 8 nitrogen and oxygen atoms in total. The number of rotatable bonds is 8. The molecule has 4 rings (SSSR count). The van der Waals surface area contributed by atoms with Crippen LogP contribution in [0, 0.1) is 11.8 Å². The quantitative estimate of drug-likeness (QED) is 0.603. The lowest BCUT2D eigenvalue weighted by atomic mass is 9.92. The van der Waals surface area contributed by atoms with Crippen LogP contribution in [-0.4, -0.2) is 65.8 Å². The molecule has 0 saturated carbocycles. The smallest absolute Gasteiger partial charge is 0.145 e. The molecule has 178 valence electrons. The first-order valence-electron chi connectivity index (χ1n) is 11.5. The SMILES string of the molecule is CO[C@H]1CNC[C@@H]1C(=O)Cc1cc(-c2cncc(NCC3C[C@@H](C)O[C@@H](C)C3)n2)c(Cl)cn1. The van der Waals surface area contributed by atoms with Gasteiger partial charge in [-0.3, -0.25) is 14.8 Å². The third-order valence-electron chi connectivity index (χ3n) is 6.42. The number of carbonyl (C=O) groups excluding carboxylic acids is 1. The molecule has 0 aromatic carbocycles. The number of pyridine rings is 1. The molecule has 4 heterocycles. The third-order valence-corrected chi connectivity index (χ3v) is 6.72. The molecule has 1 unspecified atom stereocenters.